The van der Waals surface area contributed by atoms with Crippen molar-refractivity contribution >= 4 is 21.6 Å². The minimum atomic E-state index is -0.193. The Bertz CT molecular complexity index is 767. The average Bonchev–Trinajstić information content (AvgIpc) is 3.02. The van der Waals surface area contributed by atoms with Crippen LogP contribution in [0.15, 0.2) is 4.79 Å². The van der Waals surface area contributed by atoms with E-state index in [0.29, 0.717) is 11.7 Å². The molecule has 0 bridgehead atoms. The van der Waals surface area contributed by atoms with Gasteiger partial charge in [-0.05, 0) is 52.1 Å². The Morgan fingerprint density at radius 3 is 2.83 bits per heavy atom. The molecule has 3 unspecified atom stereocenters. The molecule has 2 aromatic rings. The topological polar surface area (TPSA) is 69.2 Å². The number of aromatic amines is 1. The van der Waals surface area contributed by atoms with Gasteiger partial charge in [-0.2, -0.15) is 0 Å². The molecule has 1 aliphatic rings. The molecule has 0 aliphatic heterocycles. The van der Waals surface area contributed by atoms with Gasteiger partial charge >= 0.3 is 0 Å². The van der Waals surface area contributed by atoms with Crippen molar-refractivity contribution in [2.24, 2.45) is 5.92 Å². The number of aliphatic hydroxyl groups is 1. The number of nitrogens with zero attached hydrogens (tertiary/aromatic N) is 2. The molecule has 1 saturated carbocycles. The zero-order valence-electron chi connectivity index (χ0n) is 14.2. The largest absolute Gasteiger partial charge is 0.393 e. The number of nitrogens with one attached hydrogen (secondary N) is 1. The number of aromatic nitrogens is 2. The molecule has 1 aliphatic carbocycles. The first-order chi connectivity index (χ1) is 10.9. The van der Waals surface area contributed by atoms with Gasteiger partial charge in [-0.1, -0.05) is 6.42 Å². The predicted octanol–water partition coefficient (Wildman–Crippen LogP) is 2.76. The molecule has 5 nitrogen and oxygen atoms in total. The lowest BCUT2D eigenvalue weighted by Crippen LogP contribution is -2.33. The number of H-pyrrole nitrogens is 1. The number of fused-ring (bicyclic) bond motifs is 1. The lowest BCUT2D eigenvalue weighted by molar-refractivity contribution is 0.0978. The third-order valence-corrected chi connectivity index (χ3v) is 6.36. The Labute approximate surface area is 140 Å². The molecular formula is C17H25N3O2S. The van der Waals surface area contributed by atoms with Gasteiger partial charge < -0.3 is 10.1 Å². The maximum absolute atomic E-state index is 12.4. The van der Waals surface area contributed by atoms with E-state index in [1.165, 1.54) is 0 Å². The zero-order chi connectivity index (χ0) is 16.7. The van der Waals surface area contributed by atoms with E-state index >= 15 is 0 Å². The molecule has 23 heavy (non-hydrogen) atoms. The van der Waals surface area contributed by atoms with Gasteiger partial charge in [0.15, 0.2) is 0 Å². The Morgan fingerprint density at radius 2 is 2.17 bits per heavy atom. The SMILES string of the molecule is Cc1sc2nc(C(C)N(C)CC3CCCC3O)[nH]c(=O)c2c1C. The van der Waals surface area contributed by atoms with E-state index in [1.54, 1.807) is 11.3 Å². The summed E-state index contributed by atoms with van der Waals surface area (Å²) in [6.07, 6.45) is 2.89. The van der Waals surface area contributed by atoms with Crippen LogP contribution in [0.3, 0.4) is 0 Å². The third kappa shape index (κ3) is 3.07. The van der Waals surface area contributed by atoms with Gasteiger partial charge in [-0.3, -0.25) is 9.69 Å². The summed E-state index contributed by atoms with van der Waals surface area (Å²) in [5.41, 5.74) is 0.980. The van der Waals surface area contributed by atoms with Crippen LogP contribution in [-0.2, 0) is 0 Å². The first-order valence-electron chi connectivity index (χ1n) is 8.26. The van der Waals surface area contributed by atoms with Crippen molar-refractivity contribution in [3.8, 4) is 0 Å². The van der Waals surface area contributed by atoms with Gasteiger partial charge in [-0.25, -0.2) is 4.98 Å². The van der Waals surface area contributed by atoms with E-state index in [-0.39, 0.29) is 17.7 Å². The van der Waals surface area contributed by atoms with Gasteiger partial charge in [0, 0.05) is 11.4 Å². The molecule has 3 rings (SSSR count). The molecular weight excluding hydrogens is 310 g/mol. The van der Waals surface area contributed by atoms with Crippen LogP contribution in [0.1, 0.15) is 48.5 Å². The Kier molecular flexibility index (Phi) is 4.58. The van der Waals surface area contributed by atoms with Crippen LogP contribution in [0.5, 0.6) is 0 Å². The molecule has 0 saturated heterocycles. The van der Waals surface area contributed by atoms with E-state index in [1.807, 2.05) is 20.9 Å². The number of thiophene rings is 1. The lowest BCUT2D eigenvalue weighted by atomic mass is 10.0. The Balaban J connectivity index is 1.85. The minimum Gasteiger partial charge on any atom is -0.393 e. The lowest BCUT2D eigenvalue weighted by Gasteiger charge is -2.28. The second-order valence-corrected chi connectivity index (χ2v) is 7.99. The van der Waals surface area contributed by atoms with Gasteiger partial charge in [0.2, 0.25) is 0 Å². The smallest absolute Gasteiger partial charge is 0.259 e. The summed E-state index contributed by atoms with van der Waals surface area (Å²) in [6.45, 7) is 6.88. The van der Waals surface area contributed by atoms with E-state index < -0.39 is 0 Å². The first-order valence-corrected chi connectivity index (χ1v) is 9.08. The first kappa shape index (κ1) is 16.6. The molecule has 3 atom stereocenters. The number of rotatable bonds is 4. The molecule has 0 radical (unpaired) electrons. The minimum absolute atomic E-state index is 0.0163. The van der Waals surface area contributed by atoms with Gasteiger partial charge in [0.05, 0.1) is 17.5 Å². The zero-order valence-corrected chi connectivity index (χ0v) is 15.0. The van der Waals surface area contributed by atoms with Gasteiger partial charge in [0.25, 0.3) is 5.56 Å². The Morgan fingerprint density at radius 1 is 1.43 bits per heavy atom. The third-order valence-electron chi connectivity index (χ3n) is 5.26. The van der Waals surface area contributed by atoms with Crippen LogP contribution in [0.4, 0.5) is 0 Å². The predicted molar refractivity (Wildman–Crippen MR) is 94.1 cm³/mol. The molecule has 2 aromatic heterocycles. The van der Waals surface area contributed by atoms with Gasteiger partial charge in [-0.15, -0.1) is 11.3 Å². The van der Waals surface area contributed by atoms with Crippen molar-refractivity contribution in [1.82, 2.24) is 14.9 Å². The molecule has 1 fully saturated rings. The summed E-state index contributed by atoms with van der Waals surface area (Å²) in [4.78, 5) is 24.2. The van der Waals surface area contributed by atoms with Crippen molar-refractivity contribution in [1.29, 1.82) is 0 Å². The standard InChI is InChI=1S/C17H25N3O2S/c1-9-11(3)23-17-14(9)16(22)18-15(19-17)10(2)20(4)8-12-6-5-7-13(12)21/h10,12-13,21H,5-8H2,1-4H3,(H,18,19,22). The van der Waals surface area contributed by atoms with E-state index in [2.05, 4.69) is 16.8 Å². The highest BCUT2D eigenvalue weighted by Gasteiger charge is 2.28. The maximum Gasteiger partial charge on any atom is 0.259 e. The Hall–Kier alpha value is -1.24. The second-order valence-electron chi connectivity index (χ2n) is 6.79. The van der Waals surface area contributed by atoms with Crippen molar-refractivity contribution in [2.45, 2.75) is 52.2 Å². The summed E-state index contributed by atoms with van der Waals surface area (Å²) in [5.74, 6) is 1.03. The molecule has 0 spiro atoms. The monoisotopic (exact) mass is 335 g/mol. The van der Waals surface area contributed by atoms with Crippen LogP contribution < -0.4 is 5.56 Å². The maximum atomic E-state index is 12.4. The van der Waals surface area contributed by atoms with Crippen molar-refractivity contribution in [3.63, 3.8) is 0 Å². The molecule has 6 heteroatoms. The van der Waals surface area contributed by atoms with Gasteiger partial charge in [0.1, 0.15) is 10.7 Å². The normalized spacial score (nSPS) is 23.0. The average molecular weight is 335 g/mol. The highest BCUT2D eigenvalue weighted by atomic mass is 32.1. The van der Waals surface area contributed by atoms with E-state index in [4.69, 9.17) is 4.98 Å². The van der Waals surface area contributed by atoms with Crippen LogP contribution in [0, 0.1) is 19.8 Å². The molecule has 2 heterocycles. The van der Waals surface area contributed by atoms with Crippen molar-refractivity contribution in [2.75, 3.05) is 13.6 Å². The summed E-state index contributed by atoms with van der Waals surface area (Å²) in [6, 6.07) is 0.0163. The van der Waals surface area contributed by atoms with E-state index in [9.17, 15) is 9.90 Å². The summed E-state index contributed by atoms with van der Waals surface area (Å²) >= 11 is 1.58. The van der Waals surface area contributed by atoms with Crippen molar-refractivity contribution < 1.29 is 5.11 Å². The molecule has 0 aromatic carbocycles. The number of aliphatic hydroxyl groups excluding tert-OH is 1. The molecule has 0 amide bonds. The fourth-order valence-electron chi connectivity index (χ4n) is 3.44. The highest BCUT2D eigenvalue weighted by Crippen LogP contribution is 2.29. The fraction of sp³-hybridized carbons (Fsp3) is 0.647. The number of aryl methyl sites for hydroxylation is 2. The number of hydrogen-bond donors (Lipinski definition) is 2. The van der Waals surface area contributed by atoms with Crippen LogP contribution >= 0.6 is 11.3 Å². The van der Waals surface area contributed by atoms with Crippen LogP contribution in [0.25, 0.3) is 10.2 Å². The second kappa shape index (κ2) is 6.34. The summed E-state index contributed by atoms with van der Waals surface area (Å²) < 4.78 is 0. The quantitative estimate of drug-likeness (QED) is 0.901. The molecule has 126 valence electrons. The summed E-state index contributed by atoms with van der Waals surface area (Å²) in [7, 11) is 2.03. The van der Waals surface area contributed by atoms with Crippen LogP contribution in [0.2, 0.25) is 0 Å². The highest BCUT2D eigenvalue weighted by molar-refractivity contribution is 7.18. The van der Waals surface area contributed by atoms with Crippen LogP contribution in [-0.4, -0.2) is 39.7 Å². The van der Waals surface area contributed by atoms with Crippen molar-refractivity contribution in [3.05, 3.63) is 26.6 Å². The van der Waals surface area contributed by atoms with E-state index in [0.717, 1.165) is 46.5 Å². The summed E-state index contributed by atoms with van der Waals surface area (Å²) in [5, 5.41) is 10.7. The fourth-order valence-corrected chi connectivity index (χ4v) is 4.47. The number of hydrogen-bond acceptors (Lipinski definition) is 5. The molecule has 2 N–H and O–H groups in total.